The van der Waals surface area contributed by atoms with Gasteiger partial charge in [0.25, 0.3) is 5.91 Å². The van der Waals surface area contributed by atoms with Crippen LogP contribution < -0.4 is 5.32 Å². The van der Waals surface area contributed by atoms with Crippen LogP contribution in [0.4, 0.5) is 5.69 Å². The maximum atomic E-state index is 11.7. The molecule has 0 unspecified atom stereocenters. The molecule has 0 aliphatic heterocycles. The van der Waals surface area contributed by atoms with Gasteiger partial charge < -0.3 is 14.5 Å². The fraction of sp³-hybridized carbons (Fsp3) is 0.0625. The Bertz CT molecular complexity index is 789. The van der Waals surface area contributed by atoms with Gasteiger partial charge in [-0.1, -0.05) is 12.1 Å². The number of hydrogen-bond acceptors (Lipinski definition) is 5. The second-order valence-corrected chi connectivity index (χ2v) is 5.07. The minimum atomic E-state index is -0.679. The maximum Gasteiger partial charge on any atom is 0.331 e. The van der Waals surface area contributed by atoms with Crippen molar-refractivity contribution in [1.82, 2.24) is 0 Å². The van der Waals surface area contributed by atoms with Crippen molar-refractivity contribution in [2.24, 2.45) is 0 Å². The molecule has 116 valence electrons. The number of esters is 1. The van der Waals surface area contributed by atoms with Gasteiger partial charge in [0.1, 0.15) is 11.8 Å². The molecule has 0 saturated heterocycles. The van der Waals surface area contributed by atoms with Gasteiger partial charge in [-0.15, -0.1) is 0 Å². The molecule has 1 N–H and O–H groups in total. The van der Waals surface area contributed by atoms with Crippen molar-refractivity contribution in [3.05, 3.63) is 58.5 Å². The SMILES string of the molecule is N#Cc1ccccc1NC(=O)COC(=O)/C=C/c1ccc(Br)o1. The Kier molecular flexibility index (Phi) is 5.72. The lowest BCUT2D eigenvalue weighted by molar-refractivity contribution is -0.142. The molecular formula is C16H11BrN2O4. The van der Waals surface area contributed by atoms with Gasteiger partial charge in [-0.3, -0.25) is 4.79 Å². The lowest BCUT2D eigenvalue weighted by Gasteiger charge is -2.06. The Morgan fingerprint density at radius 2 is 2.09 bits per heavy atom. The highest BCUT2D eigenvalue weighted by Crippen LogP contribution is 2.15. The summed E-state index contributed by atoms with van der Waals surface area (Å²) >= 11 is 3.14. The van der Waals surface area contributed by atoms with Crippen LogP contribution in [0.15, 0.2) is 51.6 Å². The smallest absolute Gasteiger partial charge is 0.331 e. The Morgan fingerprint density at radius 3 is 2.78 bits per heavy atom. The number of para-hydroxylation sites is 1. The number of amides is 1. The first-order valence-electron chi connectivity index (χ1n) is 6.47. The van der Waals surface area contributed by atoms with Gasteiger partial charge in [0.15, 0.2) is 11.3 Å². The third-order valence-electron chi connectivity index (χ3n) is 2.64. The van der Waals surface area contributed by atoms with Gasteiger partial charge >= 0.3 is 5.97 Å². The highest BCUT2D eigenvalue weighted by Gasteiger charge is 2.08. The summed E-state index contributed by atoms with van der Waals surface area (Å²) in [5, 5.41) is 11.4. The molecule has 0 atom stereocenters. The van der Waals surface area contributed by atoms with Gasteiger partial charge in [-0.25, -0.2) is 4.79 Å². The number of nitrogens with one attached hydrogen (secondary N) is 1. The number of nitrogens with zero attached hydrogens (tertiary/aromatic N) is 1. The molecule has 23 heavy (non-hydrogen) atoms. The van der Waals surface area contributed by atoms with Crippen LogP contribution in [0.2, 0.25) is 0 Å². The van der Waals surface area contributed by atoms with Crippen molar-refractivity contribution in [3.63, 3.8) is 0 Å². The Hall–Kier alpha value is -2.85. The molecule has 0 radical (unpaired) electrons. The molecule has 2 rings (SSSR count). The van der Waals surface area contributed by atoms with Crippen molar-refractivity contribution in [3.8, 4) is 6.07 Å². The molecule has 0 saturated carbocycles. The van der Waals surface area contributed by atoms with E-state index in [1.54, 1.807) is 36.4 Å². The van der Waals surface area contributed by atoms with Crippen LogP contribution in [0.5, 0.6) is 0 Å². The monoisotopic (exact) mass is 374 g/mol. The lowest BCUT2D eigenvalue weighted by Crippen LogP contribution is -2.20. The molecule has 2 aromatic rings. The van der Waals surface area contributed by atoms with Gasteiger partial charge in [-0.2, -0.15) is 5.26 Å². The normalized spacial score (nSPS) is 10.3. The summed E-state index contributed by atoms with van der Waals surface area (Å²) in [6.45, 7) is -0.454. The topological polar surface area (TPSA) is 92.3 Å². The summed E-state index contributed by atoms with van der Waals surface area (Å²) in [6.07, 6.45) is 2.58. The number of anilines is 1. The van der Waals surface area contributed by atoms with Gasteiger partial charge in [-0.05, 0) is 46.3 Å². The number of ether oxygens (including phenoxy) is 1. The van der Waals surface area contributed by atoms with E-state index in [2.05, 4.69) is 21.2 Å². The largest absolute Gasteiger partial charge is 0.452 e. The van der Waals surface area contributed by atoms with E-state index in [9.17, 15) is 9.59 Å². The zero-order valence-corrected chi connectivity index (χ0v) is 13.4. The van der Waals surface area contributed by atoms with Crippen molar-refractivity contribution >= 4 is 39.6 Å². The number of rotatable bonds is 5. The molecule has 1 aromatic heterocycles. The minimum Gasteiger partial charge on any atom is -0.452 e. The average Bonchev–Trinajstić information content (AvgIpc) is 2.97. The fourth-order valence-electron chi connectivity index (χ4n) is 1.63. The van der Waals surface area contributed by atoms with Crippen molar-refractivity contribution in [1.29, 1.82) is 5.26 Å². The van der Waals surface area contributed by atoms with E-state index in [1.807, 2.05) is 6.07 Å². The third-order valence-corrected chi connectivity index (χ3v) is 3.07. The van der Waals surface area contributed by atoms with E-state index >= 15 is 0 Å². The minimum absolute atomic E-state index is 0.329. The Morgan fingerprint density at radius 1 is 1.30 bits per heavy atom. The molecule has 1 aromatic carbocycles. The van der Waals surface area contributed by atoms with E-state index in [4.69, 9.17) is 14.4 Å². The highest BCUT2D eigenvalue weighted by atomic mass is 79.9. The summed E-state index contributed by atoms with van der Waals surface area (Å²) in [5.74, 6) is -0.738. The summed E-state index contributed by atoms with van der Waals surface area (Å²) in [4.78, 5) is 23.2. The van der Waals surface area contributed by atoms with E-state index in [-0.39, 0.29) is 0 Å². The molecule has 0 aliphatic carbocycles. The number of carbonyl (C=O) groups excluding carboxylic acids is 2. The first-order valence-corrected chi connectivity index (χ1v) is 7.27. The summed E-state index contributed by atoms with van der Waals surface area (Å²) < 4.78 is 10.5. The van der Waals surface area contributed by atoms with Gasteiger partial charge in [0.2, 0.25) is 0 Å². The number of hydrogen-bond donors (Lipinski definition) is 1. The molecule has 0 spiro atoms. The number of benzene rings is 1. The molecule has 0 fully saturated rings. The first-order chi connectivity index (χ1) is 11.1. The quantitative estimate of drug-likeness (QED) is 0.640. The molecule has 7 heteroatoms. The summed E-state index contributed by atoms with van der Waals surface area (Å²) in [6, 6.07) is 11.8. The van der Waals surface area contributed by atoms with Crippen LogP contribution in [-0.4, -0.2) is 18.5 Å². The van der Waals surface area contributed by atoms with Crippen molar-refractivity contribution in [2.75, 3.05) is 11.9 Å². The molecule has 0 aliphatic rings. The van der Waals surface area contributed by atoms with Crippen molar-refractivity contribution < 1.29 is 18.7 Å². The number of nitriles is 1. The second-order valence-electron chi connectivity index (χ2n) is 4.29. The van der Waals surface area contributed by atoms with Crippen LogP contribution in [0.3, 0.4) is 0 Å². The predicted molar refractivity (Wildman–Crippen MR) is 86.2 cm³/mol. The molecule has 1 amide bonds. The van der Waals surface area contributed by atoms with Crippen molar-refractivity contribution in [2.45, 2.75) is 0 Å². The van der Waals surface area contributed by atoms with Crippen LogP contribution >= 0.6 is 15.9 Å². The number of furan rings is 1. The first kappa shape index (κ1) is 16.5. The Labute approximate surface area is 140 Å². The third kappa shape index (κ3) is 5.13. The van der Waals surface area contributed by atoms with E-state index in [1.165, 1.54) is 6.08 Å². The second kappa shape index (κ2) is 7.96. The summed E-state index contributed by atoms with van der Waals surface area (Å²) in [5.41, 5.74) is 0.697. The molecule has 0 bridgehead atoms. The van der Waals surface area contributed by atoms with E-state index in [0.717, 1.165) is 6.08 Å². The van der Waals surface area contributed by atoms with Crippen LogP contribution in [-0.2, 0) is 14.3 Å². The fourth-order valence-corrected chi connectivity index (χ4v) is 1.95. The van der Waals surface area contributed by atoms with Crippen LogP contribution in [0, 0.1) is 11.3 Å². The van der Waals surface area contributed by atoms with Crippen LogP contribution in [0.1, 0.15) is 11.3 Å². The zero-order valence-electron chi connectivity index (χ0n) is 11.8. The van der Waals surface area contributed by atoms with E-state index in [0.29, 0.717) is 21.7 Å². The maximum absolute atomic E-state index is 11.7. The number of halogens is 1. The predicted octanol–water partition coefficient (Wildman–Crippen LogP) is 3.11. The van der Waals surface area contributed by atoms with Gasteiger partial charge in [0.05, 0.1) is 11.3 Å². The average molecular weight is 375 g/mol. The summed E-state index contributed by atoms with van der Waals surface area (Å²) in [7, 11) is 0. The molecular weight excluding hydrogens is 364 g/mol. The Balaban J connectivity index is 1.83. The standard InChI is InChI=1S/C16H11BrN2O4/c17-14-7-5-12(23-14)6-8-16(21)22-10-15(20)19-13-4-2-1-3-11(13)9-18/h1-8H,10H2,(H,19,20)/b8-6+. The van der Waals surface area contributed by atoms with E-state index < -0.39 is 18.5 Å². The highest BCUT2D eigenvalue weighted by molar-refractivity contribution is 9.10. The molecule has 1 heterocycles. The van der Waals surface area contributed by atoms with Crippen LogP contribution in [0.25, 0.3) is 6.08 Å². The number of carbonyl (C=O) groups is 2. The lowest BCUT2D eigenvalue weighted by atomic mass is 10.2. The van der Waals surface area contributed by atoms with Gasteiger partial charge in [0, 0.05) is 6.08 Å². The molecule has 6 nitrogen and oxygen atoms in total. The zero-order chi connectivity index (χ0) is 16.7.